The molecular formula is C18H13ClFN3O2. The molecule has 1 amide bonds. The van der Waals surface area contributed by atoms with Gasteiger partial charge in [0, 0.05) is 12.3 Å². The standard InChI is InChI=1S/C18H13ClFN3O2/c19-14-7-11(4-5-15(14)20)23-9-21-17-13(8-16(25)22-18(17)23)10-2-1-3-12(24)6-10/h1-7,9,13,24H,8H2,(H,22,25)/t13-/m0/s1. The molecule has 25 heavy (non-hydrogen) atoms. The Labute approximate surface area is 147 Å². The zero-order valence-corrected chi connectivity index (χ0v) is 13.7. The van der Waals surface area contributed by atoms with Crippen LogP contribution in [0.3, 0.4) is 0 Å². The van der Waals surface area contributed by atoms with Crippen molar-refractivity contribution in [3.63, 3.8) is 0 Å². The molecule has 2 N–H and O–H groups in total. The molecule has 5 nitrogen and oxygen atoms in total. The molecule has 2 heterocycles. The summed E-state index contributed by atoms with van der Waals surface area (Å²) in [5.74, 6) is -0.285. The summed E-state index contributed by atoms with van der Waals surface area (Å²) in [6.07, 6.45) is 1.80. The molecule has 1 aromatic heterocycles. The molecule has 0 bridgehead atoms. The van der Waals surface area contributed by atoms with E-state index < -0.39 is 5.82 Å². The lowest BCUT2D eigenvalue weighted by molar-refractivity contribution is -0.116. The topological polar surface area (TPSA) is 67.1 Å². The Morgan fingerprint density at radius 1 is 1.28 bits per heavy atom. The quantitative estimate of drug-likeness (QED) is 0.732. The van der Waals surface area contributed by atoms with Crippen LogP contribution in [-0.2, 0) is 4.79 Å². The number of aromatic nitrogens is 2. The second kappa shape index (κ2) is 5.89. The Morgan fingerprint density at radius 2 is 2.12 bits per heavy atom. The number of benzene rings is 2. The summed E-state index contributed by atoms with van der Waals surface area (Å²) < 4.78 is 15.1. The SMILES string of the molecule is O=C1C[C@@H](c2cccc(O)c2)c2ncn(-c3ccc(F)c(Cl)c3)c2N1. The first-order chi connectivity index (χ1) is 12.0. The average Bonchev–Trinajstić information content (AvgIpc) is 3.00. The molecule has 1 aliphatic rings. The Hall–Kier alpha value is -2.86. The number of anilines is 1. The summed E-state index contributed by atoms with van der Waals surface area (Å²) >= 11 is 5.86. The minimum atomic E-state index is -0.513. The van der Waals surface area contributed by atoms with E-state index >= 15 is 0 Å². The van der Waals surface area contributed by atoms with Crippen molar-refractivity contribution in [2.45, 2.75) is 12.3 Å². The third-order valence-electron chi connectivity index (χ3n) is 4.23. The van der Waals surface area contributed by atoms with Crippen molar-refractivity contribution in [3.8, 4) is 11.4 Å². The van der Waals surface area contributed by atoms with Crippen LogP contribution in [0.2, 0.25) is 5.02 Å². The molecule has 0 radical (unpaired) electrons. The van der Waals surface area contributed by atoms with Crippen LogP contribution < -0.4 is 5.32 Å². The molecule has 1 aliphatic heterocycles. The molecular weight excluding hydrogens is 345 g/mol. The summed E-state index contributed by atoms with van der Waals surface area (Å²) in [5.41, 5.74) is 2.08. The zero-order chi connectivity index (χ0) is 17.6. The molecule has 4 rings (SSSR count). The minimum Gasteiger partial charge on any atom is -0.508 e. The maximum Gasteiger partial charge on any atom is 0.226 e. The highest BCUT2D eigenvalue weighted by atomic mass is 35.5. The van der Waals surface area contributed by atoms with E-state index in [1.165, 1.54) is 12.1 Å². The van der Waals surface area contributed by atoms with Gasteiger partial charge in [-0.3, -0.25) is 9.36 Å². The molecule has 0 spiro atoms. The van der Waals surface area contributed by atoms with Crippen LogP contribution in [0.5, 0.6) is 5.75 Å². The second-order valence-corrected chi connectivity index (χ2v) is 6.25. The number of imidazole rings is 1. The van der Waals surface area contributed by atoms with Crippen molar-refractivity contribution in [2.24, 2.45) is 0 Å². The molecule has 1 atom stereocenters. The first kappa shape index (κ1) is 15.7. The van der Waals surface area contributed by atoms with E-state index in [1.807, 2.05) is 6.07 Å². The van der Waals surface area contributed by atoms with Crippen LogP contribution in [0.25, 0.3) is 5.69 Å². The van der Waals surface area contributed by atoms with E-state index in [4.69, 9.17) is 11.6 Å². The number of nitrogens with one attached hydrogen (secondary N) is 1. The Bertz CT molecular complexity index is 986. The van der Waals surface area contributed by atoms with Crippen LogP contribution >= 0.6 is 11.6 Å². The van der Waals surface area contributed by atoms with Gasteiger partial charge in [0.1, 0.15) is 23.7 Å². The maximum absolute atomic E-state index is 13.4. The van der Waals surface area contributed by atoms with Gasteiger partial charge < -0.3 is 10.4 Å². The highest BCUT2D eigenvalue weighted by Crippen LogP contribution is 2.38. The third kappa shape index (κ3) is 2.74. The number of amides is 1. The van der Waals surface area contributed by atoms with Crippen LogP contribution in [0.15, 0.2) is 48.8 Å². The van der Waals surface area contributed by atoms with E-state index in [0.29, 0.717) is 17.2 Å². The first-order valence-electron chi connectivity index (χ1n) is 7.64. The fourth-order valence-electron chi connectivity index (χ4n) is 3.05. The number of carbonyl (C=O) groups excluding carboxylic acids is 1. The lowest BCUT2D eigenvalue weighted by Gasteiger charge is -2.23. The minimum absolute atomic E-state index is 0.00776. The lowest BCUT2D eigenvalue weighted by Crippen LogP contribution is -2.24. The van der Waals surface area contributed by atoms with E-state index in [9.17, 15) is 14.3 Å². The van der Waals surface area contributed by atoms with Gasteiger partial charge in [-0.15, -0.1) is 0 Å². The van der Waals surface area contributed by atoms with Gasteiger partial charge in [0.2, 0.25) is 5.91 Å². The van der Waals surface area contributed by atoms with E-state index in [0.717, 1.165) is 5.56 Å². The third-order valence-corrected chi connectivity index (χ3v) is 4.52. The number of phenols is 1. The van der Waals surface area contributed by atoms with Crippen LogP contribution in [0.1, 0.15) is 23.6 Å². The average molecular weight is 358 g/mol. The summed E-state index contributed by atoms with van der Waals surface area (Å²) in [5, 5.41) is 12.5. The van der Waals surface area contributed by atoms with Crippen molar-refractivity contribution >= 4 is 23.3 Å². The second-order valence-electron chi connectivity index (χ2n) is 5.85. The number of hydrogen-bond donors (Lipinski definition) is 2. The number of fused-ring (bicyclic) bond motifs is 1. The molecule has 0 saturated heterocycles. The van der Waals surface area contributed by atoms with Crippen molar-refractivity contribution in [3.05, 3.63) is 70.9 Å². The number of halogens is 2. The highest BCUT2D eigenvalue weighted by molar-refractivity contribution is 6.30. The Balaban J connectivity index is 1.82. The molecule has 7 heteroatoms. The molecule has 0 saturated carbocycles. The van der Waals surface area contributed by atoms with Crippen LogP contribution in [0.4, 0.5) is 10.2 Å². The number of phenolic OH excluding ortho intramolecular Hbond substituents is 1. The van der Waals surface area contributed by atoms with Gasteiger partial charge in [0.15, 0.2) is 0 Å². The molecule has 126 valence electrons. The van der Waals surface area contributed by atoms with Gasteiger partial charge in [-0.05, 0) is 35.9 Å². The van der Waals surface area contributed by atoms with E-state index in [1.54, 1.807) is 35.2 Å². The van der Waals surface area contributed by atoms with E-state index in [-0.39, 0.29) is 29.0 Å². The highest BCUT2D eigenvalue weighted by Gasteiger charge is 2.31. The largest absolute Gasteiger partial charge is 0.508 e. The normalized spacial score (nSPS) is 16.4. The molecule has 2 aromatic carbocycles. The maximum atomic E-state index is 13.4. The predicted octanol–water partition coefficient (Wildman–Crippen LogP) is 3.84. The molecule has 0 fully saturated rings. The number of hydrogen-bond acceptors (Lipinski definition) is 3. The zero-order valence-electron chi connectivity index (χ0n) is 12.9. The number of carbonyl (C=O) groups is 1. The summed E-state index contributed by atoms with van der Waals surface area (Å²) in [6, 6.07) is 11.1. The van der Waals surface area contributed by atoms with Gasteiger partial charge in [-0.2, -0.15) is 0 Å². The summed E-state index contributed by atoms with van der Waals surface area (Å²) in [6.45, 7) is 0. The summed E-state index contributed by atoms with van der Waals surface area (Å²) in [7, 11) is 0. The number of nitrogens with zero attached hydrogens (tertiary/aromatic N) is 2. The molecule has 0 unspecified atom stereocenters. The first-order valence-corrected chi connectivity index (χ1v) is 8.02. The van der Waals surface area contributed by atoms with Crippen molar-refractivity contribution in [1.29, 1.82) is 0 Å². The van der Waals surface area contributed by atoms with E-state index in [2.05, 4.69) is 10.3 Å². The molecule has 0 aliphatic carbocycles. The number of rotatable bonds is 2. The van der Waals surface area contributed by atoms with Gasteiger partial charge in [-0.1, -0.05) is 23.7 Å². The van der Waals surface area contributed by atoms with Gasteiger partial charge in [0.05, 0.1) is 16.4 Å². The molecule has 3 aromatic rings. The van der Waals surface area contributed by atoms with Crippen molar-refractivity contribution in [2.75, 3.05) is 5.32 Å². The Kier molecular flexibility index (Phi) is 3.69. The fourth-order valence-corrected chi connectivity index (χ4v) is 3.23. The number of aromatic hydroxyl groups is 1. The Morgan fingerprint density at radius 3 is 2.88 bits per heavy atom. The fraction of sp³-hybridized carbons (Fsp3) is 0.111. The summed E-state index contributed by atoms with van der Waals surface area (Å²) in [4.78, 5) is 16.6. The monoisotopic (exact) mass is 357 g/mol. The van der Waals surface area contributed by atoms with Crippen LogP contribution in [-0.4, -0.2) is 20.6 Å². The van der Waals surface area contributed by atoms with Gasteiger partial charge >= 0.3 is 0 Å². The van der Waals surface area contributed by atoms with Crippen molar-refractivity contribution < 1.29 is 14.3 Å². The van der Waals surface area contributed by atoms with Crippen molar-refractivity contribution in [1.82, 2.24) is 9.55 Å². The predicted molar refractivity (Wildman–Crippen MR) is 91.7 cm³/mol. The smallest absolute Gasteiger partial charge is 0.226 e. The van der Waals surface area contributed by atoms with Gasteiger partial charge in [-0.25, -0.2) is 9.37 Å². The van der Waals surface area contributed by atoms with Gasteiger partial charge in [0.25, 0.3) is 0 Å². The lowest BCUT2D eigenvalue weighted by atomic mass is 9.90. The van der Waals surface area contributed by atoms with Crippen LogP contribution in [0, 0.1) is 5.82 Å².